The Kier molecular flexibility index (Phi) is 2.64. The van der Waals surface area contributed by atoms with Gasteiger partial charge in [-0.15, -0.1) is 11.3 Å². The monoisotopic (exact) mass is 166 g/mol. The Hall–Kier alpha value is -1.34. The lowest BCUT2D eigenvalue weighted by atomic mass is 10.4. The van der Waals surface area contributed by atoms with Gasteiger partial charge in [-0.3, -0.25) is 4.98 Å². The molecule has 1 rings (SSSR count). The Bertz CT molecular complexity index is 284. The molecule has 1 aromatic heterocycles. The first-order valence-electron chi connectivity index (χ1n) is 2.91. The lowest BCUT2D eigenvalue weighted by Gasteiger charge is -1.97. The quantitative estimate of drug-likeness (QED) is 0.495. The number of nitrogens with zero attached hydrogens (tertiary/aromatic N) is 2. The van der Waals surface area contributed by atoms with E-state index in [-0.39, 0.29) is 0 Å². The van der Waals surface area contributed by atoms with E-state index in [9.17, 15) is 0 Å². The molecule has 0 radical (unpaired) electrons. The van der Waals surface area contributed by atoms with Crippen LogP contribution >= 0.6 is 11.3 Å². The third-order valence-electron chi connectivity index (χ3n) is 1.09. The van der Waals surface area contributed by atoms with Crippen LogP contribution in [0.25, 0.3) is 5.76 Å². The lowest BCUT2D eigenvalue weighted by Crippen LogP contribution is -1.81. The standard InChI is InChI=1S/C7H6N2OS/c1-10-6(2-3-8)7-4-9-5-11-7/h2,4-5H,1H3. The first kappa shape index (κ1) is 7.76. The van der Waals surface area contributed by atoms with Gasteiger partial charge in [0, 0.05) is 6.20 Å². The fraction of sp³-hybridized carbons (Fsp3) is 0.143. The van der Waals surface area contributed by atoms with Crippen LogP contribution in [0.2, 0.25) is 0 Å². The van der Waals surface area contributed by atoms with Gasteiger partial charge in [-0.25, -0.2) is 0 Å². The van der Waals surface area contributed by atoms with Gasteiger partial charge in [0.2, 0.25) is 0 Å². The SMILES string of the molecule is COC(=CC#N)c1cncs1. The molecule has 0 aliphatic heterocycles. The van der Waals surface area contributed by atoms with Crippen LogP contribution in [-0.2, 0) is 4.74 Å². The van der Waals surface area contributed by atoms with Gasteiger partial charge >= 0.3 is 0 Å². The molecule has 0 N–H and O–H groups in total. The van der Waals surface area contributed by atoms with Crippen molar-refractivity contribution in [2.24, 2.45) is 0 Å². The zero-order chi connectivity index (χ0) is 8.10. The first-order valence-corrected chi connectivity index (χ1v) is 3.79. The average molecular weight is 166 g/mol. The average Bonchev–Trinajstić information content (AvgIpc) is 2.52. The van der Waals surface area contributed by atoms with Crippen LogP contribution in [0.5, 0.6) is 0 Å². The molecule has 56 valence electrons. The van der Waals surface area contributed by atoms with Crippen molar-refractivity contribution in [3.63, 3.8) is 0 Å². The minimum absolute atomic E-state index is 0.565. The predicted molar refractivity (Wildman–Crippen MR) is 42.7 cm³/mol. The topological polar surface area (TPSA) is 45.9 Å². The fourth-order valence-corrected chi connectivity index (χ4v) is 1.24. The van der Waals surface area contributed by atoms with Gasteiger partial charge in [0.15, 0.2) is 0 Å². The molecule has 1 aromatic rings. The van der Waals surface area contributed by atoms with E-state index in [1.807, 2.05) is 6.07 Å². The molecule has 4 heteroatoms. The zero-order valence-electron chi connectivity index (χ0n) is 5.94. The van der Waals surface area contributed by atoms with Crippen molar-refractivity contribution in [2.45, 2.75) is 0 Å². The Balaban J connectivity index is 2.91. The number of nitriles is 1. The number of methoxy groups -OCH3 is 1. The van der Waals surface area contributed by atoms with E-state index in [1.165, 1.54) is 24.5 Å². The van der Waals surface area contributed by atoms with E-state index in [1.54, 1.807) is 11.7 Å². The molecular formula is C7H6N2OS. The minimum Gasteiger partial charge on any atom is -0.494 e. The van der Waals surface area contributed by atoms with E-state index < -0.39 is 0 Å². The van der Waals surface area contributed by atoms with Crippen molar-refractivity contribution in [1.82, 2.24) is 4.98 Å². The summed E-state index contributed by atoms with van der Waals surface area (Å²) in [7, 11) is 1.53. The molecule has 0 aliphatic rings. The van der Waals surface area contributed by atoms with Gasteiger partial charge in [-0.2, -0.15) is 5.26 Å². The summed E-state index contributed by atoms with van der Waals surface area (Å²) in [6.07, 6.45) is 3.02. The van der Waals surface area contributed by atoms with Crippen LogP contribution in [0, 0.1) is 11.3 Å². The third-order valence-corrected chi connectivity index (χ3v) is 1.88. The molecule has 11 heavy (non-hydrogen) atoms. The van der Waals surface area contributed by atoms with E-state index in [0.717, 1.165) is 4.88 Å². The molecule has 0 aromatic carbocycles. The molecular weight excluding hydrogens is 160 g/mol. The zero-order valence-corrected chi connectivity index (χ0v) is 6.76. The fourth-order valence-electron chi connectivity index (χ4n) is 0.627. The van der Waals surface area contributed by atoms with Crippen LogP contribution in [0.1, 0.15) is 4.88 Å². The maximum absolute atomic E-state index is 8.34. The highest BCUT2D eigenvalue weighted by molar-refractivity contribution is 7.10. The number of aromatic nitrogens is 1. The molecule has 3 nitrogen and oxygen atoms in total. The summed E-state index contributed by atoms with van der Waals surface area (Å²) in [5, 5.41) is 8.34. The molecule has 0 amide bonds. The van der Waals surface area contributed by atoms with Gasteiger partial charge < -0.3 is 4.74 Å². The first-order chi connectivity index (χ1) is 5.38. The molecule has 0 unspecified atom stereocenters. The second-order valence-electron chi connectivity index (χ2n) is 1.71. The summed E-state index contributed by atoms with van der Waals surface area (Å²) in [6, 6.07) is 1.90. The highest BCUT2D eigenvalue weighted by atomic mass is 32.1. The summed E-state index contributed by atoms with van der Waals surface area (Å²) in [5.74, 6) is 0.565. The van der Waals surface area contributed by atoms with Crippen LogP contribution in [-0.4, -0.2) is 12.1 Å². The molecule has 0 atom stereocenters. The molecule has 0 aliphatic carbocycles. The third kappa shape index (κ3) is 1.79. The summed E-state index contributed by atoms with van der Waals surface area (Å²) in [4.78, 5) is 4.73. The normalized spacial score (nSPS) is 10.7. The number of ether oxygens (including phenoxy) is 1. The number of hydrogen-bond acceptors (Lipinski definition) is 4. The minimum atomic E-state index is 0.565. The van der Waals surface area contributed by atoms with Crippen LogP contribution < -0.4 is 0 Å². The van der Waals surface area contributed by atoms with Gasteiger partial charge in [0.1, 0.15) is 5.76 Å². The number of thiazole rings is 1. The van der Waals surface area contributed by atoms with Crippen molar-refractivity contribution < 1.29 is 4.74 Å². The van der Waals surface area contributed by atoms with Gasteiger partial charge in [0.25, 0.3) is 0 Å². The number of hydrogen-bond donors (Lipinski definition) is 0. The number of rotatable bonds is 2. The Morgan fingerprint density at radius 2 is 2.73 bits per heavy atom. The maximum atomic E-state index is 8.34. The van der Waals surface area contributed by atoms with E-state index in [4.69, 9.17) is 10.00 Å². The Morgan fingerprint density at radius 1 is 1.91 bits per heavy atom. The highest BCUT2D eigenvalue weighted by Gasteiger charge is 2.00. The van der Waals surface area contributed by atoms with Gasteiger partial charge in [-0.05, 0) is 0 Å². The Labute approximate surface area is 68.6 Å². The number of allylic oxidation sites excluding steroid dienone is 1. The largest absolute Gasteiger partial charge is 0.494 e. The summed E-state index contributed by atoms with van der Waals surface area (Å²) >= 11 is 1.44. The van der Waals surface area contributed by atoms with E-state index >= 15 is 0 Å². The van der Waals surface area contributed by atoms with Crippen molar-refractivity contribution in [3.05, 3.63) is 22.7 Å². The maximum Gasteiger partial charge on any atom is 0.148 e. The van der Waals surface area contributed by atoms with Gasteiger partial charge in [-0.1, -0.05) is 0 Å². The Morgan fingerprint density at radius 3 is 3.18 bits per heavy atom. The van der Waals surface area contributed by atoms with Gasteiger partial charge in [0.05, 0.1) is 29.6 Å². The van der Waals surface area contributed by atoms with Crippen LogP contribution in [0.3, 0.4) is 0 Å². The molecule has 0 spiro atoms. The lowest BCUT2D eigenvalue weighted by molar-refractivity contribution is 0.371. The van der Waals surface area contributed by atoms with Crippen molar-refractivity contribution >= 4 is 17.1 Å². The molecule has 1 heterocycles. The predicted octanol–water partition coefficient (Wildman–Crippen LogP) is 1.65. The highest BCUT2D eigenvalue weighted by Crippen LogP contribution is 2.17. The van der Waals surface area contributed by atoms with E-state index in [2.05, 4.69) is 4.98 Å². The molecule has 0 saturated carbocycles. The summed E-state index contributed by atoms with van der Waals surface area (Å²) < 4.78 is 4.94. The van der Waals surface area contributed by atoms with E-state index in [0.29, 0.717) is 5.76 Å². The smallest absolute Gasteiger partial charge is 0.148 e. The second kappa shape index (κ2) is 3.74. The summed E-state index contributed by atoms with van der Waals surface area (Å²) in [5.41, 5.74) is 1.69. The van der Waals surface area contributed by atoms with Crippen molar-refractivity contribution in [2.75, 3.05) is 7.11 Å². The van der Waals surface area contributed by atoms with Crippen molar-refractivity contribution in [3.8, 4) is 6.07 Å². The van der Waals surface area contributed by atoms with Crippen LogP contribution in [0.4, 0.5) is 0 Å². The molecule has 0 bridgehead atoms. The van der Waals surface area contributed by atoms with Crippen molar-refractivity contribution in [1.29, 1.82) is 5.26 Å². The molecule has 0 fully saturated rings. The molecule has 0 saturated heterocycles. The second-order valence-corrected chi connectivity index (χ2v) is 2.59. The van der Waals surface area contributed by atoms with Crippen LogP contribution in [0.15, 0.2) is 17.8 Å². The summed E-state index contributed by atoms with van der Waals surface area (Å²) in [6.45, 7) is 0.